The lowest BCUT2D eigenvalue weighted by Gasteiger charge is -2.39. The highest BCUT2D eigenvalue weighted by atomic mass is 15.1. The maximum atomic E-state index is 4.42. The standard InChI is InChI=1S/C15H25N3/c1-15(2,3)14-9-12(16-10-17-14)6-11-7-13(8-11)18(4)5/h9-11,13H,6-8H2,1-5H3. The van der Waals surface area contributed by atoms with Crippen molar-refractivity contribution in [3.05, 3.63) is 23.8 Å². The lowest BCUT2D eigenvalue weighted by Crippen LogP contribution is -2.41. The number of hydrogen-bond donors (Lipinski definition) is 0. The molecule has 1 saturated carbocycles. The monoisotopic (exact) mass is 247 g/mol. The summed E-state index contributed by atoms with van der Waals surface area (Å²) in [5.74, 6) is 0.806. The average molecular weight is 247 g/mol. The fourth-order valence-electron chi connectivity index (χ4n) is 2.50. The molecule has 2 rings (SSSR count). The maximum absolute atomic E-state index is 4.42. The van der Waals surface area contributed by atoms with Crippen molar-refractivity contribution in [1.82, 2.24) is 14.9 Å². The summed E-state index contributed by atoms with van der Waals surface area (Å²) >= 11 is 0. The van der Waals surface area contributed by atoms with Gasteiger partial charge in [-0.15, -0.1) is 0 Å². The molecule has 0 atom stereocenters. The quantitative estimate of drug-likeness (QED) is 0.822. The van der Waals surface area contributed by atoms with Crippen molar-refractivity contribution in [2.45, 2.75) is 51.5 Å². The van der Waals surface area contributed by atoms with E-state index in [4.69, 9.17) is 0 Å². The lowest BCUT2D eigenvalue weighted by atomic mass is 9.76. The van der Waals surface area contributed by atoms with Crippen LogP contribution < -0.4 is 0 Å². The van der Waals surface area contributed by atoms with E-state index < -0.39 is 0 Å². The Bertz CT molecular complexity index is 400. The van der Waals surface area contributed by atoms with E-state index in [-0.39, 0.29) is 5.41 Å². The molecule has 1 aliphatic carbocycles. The van der Waals surface area contributed by atoms with Crippen molar-refractivity contribution in [1.29, 1.82) is 0 Å². The predicted octanol–water partition coefficient (Wildman–Crippen LogP) is 2.66. The molecule has 0 aromatic carbocycles. The number of nitrogens with zero attached hydrogens (tertiary/aromatic N) is 3. The Kier molecular flexibility index (Phi) is 3.71. The van der Waals surface area contributed by atoms with Crippen molar-refractivity contribution >= 4 is 0 Å². The van der Waals surface area contributed by atoms with Gasteiger partial charge in [-0.2, -0.15) is 0 Å². The van der Waals surface area contributed by atoms with Crippen molar-refractivity contribution in [2.24, 2.45) is 5.92 Å². The van der Waals surface area contributed by atoms with Crippen LogP contribution in [0.25, 0.3) is 0 Å². The van der Waals surface area contributed by atoms with Crippen LogP contribution in [-0.4, -0.2) is 35.0 Å². The summed E-state index contributed by atoms with van der Waals surface area (Å²) < 4.78 is 0. The highest BCUT2D eigenvalue weighted by Gasteiger charge is 2.30. The van der Waals surface area contributed by atoms with Crippen LogP contribution in [0, 0.1) is 5.92 Å². The van der Waals surface area contributed by atoms with E-state index in [0.29, 0.717) is 0 Å². The van der Waals surface area contributed by atoms with Crippen LogP contribution in [0.5, 0.6) is 0 Å². The van der Waals surface area contributed by atoms with Crippen molar-refractivity contribution < 1.29 is 0 Å². The third-order valence-corrected chi connectivity index (χ3v) is 3.93. The van der Waals surface area contributed by atoms with Gasteiger partial charge in [-0.25, -0.2) is 9.97 Å². The summed E-state index contributed by atoms with van der Waals surface area (Å²) in [7, 11) is 4.34. The summed E-state index contributed by atoms with van der Waals surface area (Å²) in [6.07, 6.45) is 5.44. The molecule has 0 bridgehead atoms. The van der Waals surface area contributed by atoms with Gasteiger partial charge in [0.15, 0.2) is 0 Å². The van der Waals surface area contributed by atoms with Gasteiger partial charge in [-0.3, -0.25) is 0 Å². The van der Waals surface area contributed by atoms with Crippen LogP contribution in [0.2, 0.25) is 0 Å². The SMILES string of the molecule is CN(C)C1CC(Cc2cc(C(C)(C)C)ncn2)C1. The zero-order chi connectivity index (χ0) is 13.3. The molecule has 1 aromatic heterocycles. The third kappa shape index (κ3) is 3.08. The zero-order valence-corrected chi connectivity index (χ0v) is 12.3. The van der Waals surface area contributed by atoms with Gasteiger partial charge < -0.3 is 4.90 Å². The van der Waals surface area contributed by atoms with Crippen molar-refractivity contribution in [3.63, 3.8) is 0 Å². The number of rotatable bonds is 3. The second kappa shape index (κ2) is 4.96. The van der Waals surface area contributed by atoms with Gasteiger partial charge in [0.25, 0.3) is 0 Å². The molecule has 0 N–H and O–H groups in total. The molecule has 3 nitrogen and oxygen atoms in total. The topological polar surface area (TPSA) is 29.0 Å². The van der Waals surface area contributed by atoms with Crippen LogP contribution in [0.15, 0.2) is 12.4 Å². The Hall–Kier alpha value is -0.960. The summed E-state index contributed by atoms with van der Waals surface area (Å²) in [6.45, 7) is 6.60. The molecule has 3 heteroatoms. The first-order chi connectivity index (χ1) is 8.36. The van der Waals surface area contributed by atoms with Gasteiger partial charge in [-0.1, -0.05) is 20.8 Å². The van der Waals surface area contributed by atoms with Crippen molar-refractivity contribution in [2.75, 3.05) is 14.1 Å². The van der Waals surface area contributed by atoms with E-state index in [1.165, 1.54) is 18.5 Å². The first kappa shape index (κ1) is 13.5. The van der Waals surface area contributed by atoms with E-state index in [9.17, 15) is 0 Å². The van der Waals surface area contributed by atoms with E-state index in [1.54, 1.807) is 6.33 Å². The fourth-order valence-corrected chi connectivity index (χ4v) is 2.50. The highest BCUT2D eigenvalue weighted by molar-refractivity contribution is 5.16. The third-order valence-electron chi connectivity index (χ3n) is 3.93. The Labute approximate surface area is 111 Å². The maximum Gasteiger partial charge on any atom is 0.115 e. The summed E-state index contributed by atoms with van der Waals surface area (Å²) in [6, 6.07) is 2.96. The van der Waals surface area contributed by atoms with Crippen LogP contribution >= 0.6 is 0 Å². The second-order valence-corrected chi connectivity index (χ2v) is 6.80. The highest BCUT2D eigenvalue weighted by Crippen LogP contribution is 2.33. The summed E-state index contributed by atoms with van der Waals surface area (Å²) in [5, 5.41) is 0. The zero-order valence-electron chi connectivity index (χ0n) is 12.3. The normalized spacial score (nSPS) is 24.1. The number of hydrogen-bond acceptors (Lipinski definition) is 3. The van der Waals surface area contributed by atoms with E-state index >= 15 is 0 Å². The molecule has 18 heavy (non-hydrogen) atoms. The molecule has 0 spiro atoms. The summed E-state index contributed by atoms with van der Waals surface area (Å²) in [5.41, 5.74) is 2.47. The minimum Gasteiger partial charge on any atom is -0.306 e. The average Bonchev–Trinajstić information content (AvgIpc) is 2.21. The predicted molar refractivity (Wildman–Crippen MR) is 74.6 cm³/mol. The number of aromatic nitrogens is 2. The fraction of sp³-hybridized carbons (Fsp3) is 0.733. The molecule has 100 valence electrons. The van der Waals surface area contributed by atoms with Crippen LogP contribution in [0.1, 0.15) is 45.0 Å². The van der Waals surface area contributed by atoms with Gasteiger partial charge >= 0.3 is 0 Å². The van der Waals surface area contributed by atoms with Crippen molar-refractivity contribution in [3.8, 4) is 0 Å². The summed E-state index contributed by atoms with van der Waals surface area (Å²) in [4.78, 5) is 11.1. The van der Waals surface area contributed by atoms with Gasteiger partial charge in [0.2, 0.25) is 0 Å². The smallest absolute Gasteiger partial charge is 0.115 e. The van der Waals surface area contributed by atoms with Gasteiger partial charge in [0, 0.05) is 22.8 Å². The molecular formula is C15H25N3. The van der Waals surface area contributed by atoms with E-state index in [2.05, 4.69) is 55.8 Å². The molecule has 1 fully saturated rings. The van der Waals surface area contributed by atoms with Crippen LogP contribution in [-0.2, 0) is 11.8 Å². The van der Waals surface area contributed by atoms with E-state index in [0.717, 1.165) is 24.1 Å². The Morgan fingerprint density at radius 2 is 1.89 bits per heavy atom. The van der Waals surface area contributed by atoms with Gasteiger partial charge in [0.1, 0.15) is 6.33 Å². The van der Waals surface area contributed by atoms with Gasteiger partial charge in [-0.05, 0) is 45.3 Å². The molecule has 0 amide bonds. The molecular weight excluding hydrogens is 222 g/mol. The molecule has 1 aliphatic rings. The molecule has 0 unspecified atom stereocenters. The van der Waals surface area contributed by atoms with Gasteiger partial charge in [0.05, 0.1) is 0 Å². The molecule has 0 aliphatic heterocycles. The molecule has 0 radical (unpaired) electrons. The lowest BCUT2D eigenvalue weighted by molar-refractivity contribution is 0.123. The van der Waals surface area contributed by atoms with Crippen LogP contribution in [0.3, 0.4) is 0 Å². The Morgan fingerprint density at radius 1 is 1.22 bits per heavy atom. The minimum atomic E-state index is 0.115. The largest absolute Gasteiger partial charge is 0.306 e. The Balaban J connectivity index is 1.95. The molecule has 0 saturated heterocycles. The molecule has 1 heterocycles. The first-order valence-corrected chi connectivity index (χ1v) is 6.84. The molecule has 1 aromatic rings. The van der Waals surface area contributed by atoms with E-state index in [1.807, 2.05) is 0 Å². The first-order valence-electron chi connectivity index (χ1n) is 6.84. The minimum absolute atomic E-state index is 0.115. The van der Waals surface area contributed by atoms with Crippen LogP contribution in [0.4, 0.5) is 0 Å². The second-order valence-electron chi connectivity index (χ2n) is 6.80. The Morgan fingerprint density at radius 3 is 2.44 bits per heavy atom.